The second-order valence-electron chi connectivity index (χ2n) is 3.02. The molecule has 5 nitrogen and oxygen atoms in total. The molecule has 0 unspecified atom stereocenters. The first-order valence-corrected chi connectivity index (χ1v) is 5.84. The van der Waals surface area contributed by atoms with E-state index in [1.807, 2.05) is 0 Å². The normalized spacial score (nSPS) is 11.3. The van der Waals surface area contributed by atoms with Crippen LogP contribution in [0.2, 0.25) is 0 Å². The standard InChI is InChI=1S/C9H8FN3O2S/c10-8-3-1-2-4-9(8)13-16(14,15)7-5-11-12-6-7/h1-6,13H,(H,11,12). The van der Waals surface area contributed by atoms with Gasteiger partial charge in [0.1, 0.15) is 10.7 Å². The van der Waals surface area contributed by atoms with Crippen molar-refractivity contribution < 1.29 is 12.8 Å². The number of para-hydroxylation sites is 1. The van der Waals surface area contributed by atoms with Crippen molar-refractivity contribution in [1.82, 2.24) is 10.2 Å². The van der Waals surface area contributed by atoms with Crippen molar-refractivity contribution in [2.45, 2.75) is 4.90 Å². The maximum atomic E-state index is 13.2. The first-order valence-electron chi connectivity index (χ1n) is 4.36. The largest absolute Gasteiger partial charge is 0.284 e. The van der Waals surface area contributed by atoms with E-state index in [2.05, 4.69) is 14.9 Å². The van der Waals surface area contributed by atoms with Crippen LogP contribution in [0.5, 0.6) is 0 Å². The predicted octanol–water partition coefficient (Wildman–Crippen LogP) is 1.35. The molecule has 1 aromatic carbocycles. The number of anilines is 1. The monoisotopic (exact) mass is 241 g/mol. The summed E-state index contributed by atoms with van der Waals surface area (Å²) in [6, 6.07) is 5.53. The smallest absolute Gasteiger partial charge is 0.265 e. The van der Waals surface area contributed by atoms with E-state index in [0.29, 0.717) is 0 Å². The molecule has 16 heavy (non-hydrogen) atoms. The third-order valence-corrected chi connectivity index (χ3v) is 3.23. The molecule has 0 aliphatic heterocycles. The number of hydrogen-bond donors (Lipinski definition) is 2. The van der Waals surface area contributed by atoms with Crippen LogP contribution in [-0.4, -0.2) is 18.6 Å². The summed E-state index contributed by atoms with van der Waals surface area (Å²) in [5.41, 5.74) is -0.0938. The third-order valence-electron chi connectivity index (χ3n) is 1.90. The van der Waals surface area contributed by atoms with Crippen LogP contribution in [0.4, 0.5) is 10.1 Å². The Balaban J connectivity index is 2.33. The van der Waals surface area contributed by atoms with Gasteiger partial charge in [0.2, 0.25) is 0 Å². The highest BCUT2D eigenvalue weighted by Crippen LogP contribution is 2.17. The van der Waals surface area contributed by atoms with Gasteiger partial charge in [0.25, 0.3) is 10.0 Å². The van der Waals surface area contributed by atoms with Crippen molar-refractivity contribution in [3.05, 3.63) is 42.5 Å². The van der Waals surface area contributed by atoms with Crippen molar-refractivity contribution >= 4 is 15.7 Å². The molecule has 2 aromatic rings. The summed E-state index contributed by atoms with van der Waals surface area (Å²) in [6.45, 7) is 0. The van der Waals surface area contributed by atoms with Gasteiger partial charge in [-0.2, -0.15) is 5.10 Å². The molecule has 2 rings (SSSR count). The summed E-state index contributed by atoms with van der Waals surface area (Å²) in [4.78, 5) is -0.0456. The molecule has 2 N–H and O–H groups in total. The van der Waals surface area contributed by atoms with E-state index in [1.54, 1.807) is 0 Å². The summed E-state index contributed by atoms with van der Waals surface area (Å²) in [5, 5.41) is 5.89. The fourth-order valence-corrected chi connectivity index (χ4v) is 2.11. The SMILES string of the molecule is O=S(=O)(Nc1ccccc1F)c1cn[nH]c1. The van der Waals surface area contributed by atoms with Gasteiger partial charge in [-0.15, -0.1) is 0 Å². The molecule has 0 saturated carbocycles. The van der Waals surface area contributed by atoms with Crippen LogP contribution in [0.25, 0.3) is 0 Å². The zero-order valence-electron chi connectivity index (χ0n) is 8.01. The first-order chi connectivity index (χ1) is 7.59. The molecule has 0 spiro atoms. The Morgan fingerprint density at radius 2 is 2.06 bits per heavy atom. The molecular weight excluding hydrogens is 233 g/mol. The van der Waals surface area contributed by atoms with Gasteiger partial charge in [-0.05, 0) is 12.1 Å². The Labute approximate surface area is 91.4 Å². The molecule has 7 heteroatoms. The zero-order valence-corrected chi connectivity index (χ0v) is 8.83. The van der Waals surface area contributed by atoms with Crippen LogP contribution in [0, 0.1) is 5.82 Å². The maximum Gasteiger partial charge on any atom is 0.265 e. The number of halogens is 1. The molecule has 0 radical (unpaired) electrons. The van der Waals surface area contributed by atoms with Crippen molar-refractivity contribution in [3.63, 3.8) is 0 Å². The summed E-state index contributed by atoms with van der Waals surface area (Å²) in [7, 11) is -3.78. The highest BCUT2D eigenvalue weighted by atomic mass is 32.2. The average Bonchev–Trinajstić information content (AvgIpc) is 2.75. The zero-order chi connectivity index (χ0) is 11.6. The minimum absolute atomic E-state index is 0.0456. The molecule has 0 bridgehead atoms. The van der Waals surface area contributed by atoms with Gasteiger partial charge in [0.05, 0.1) is 11.9 Å². The van der Waals surface area contributed by atoms with E-state index in [0.717, 1.165) is 6.20 Å². The molecule has 0 atom stereocenters. The molecule has 0 fully saturated rings. The summed E-state index contributed by atoms with van der Waals surface area (Å²) in [5.74, 6) is -0.630. The number of aromatic amines is 1. The molecule has 0 aliphatic rings. The van der Waals surface area contributed by atoms with Crippen LogP contribution in [0.3, 0.4) is 0 Å². The summed E-state index contributed by atoms with van der Waals surface area (Å²) in [6.07, 6.45) is 2.35. The Bertz CT molecular complexity index is 581. The van der Waals surface area contributed by atoms with Crippen LogP contribution >= 0.6 is 0 Å². The molecule has 0 aliphatic carbocycles. The van der Waals surface area contributed by atoms with Crippen molar-refractivity contribution in [1.29, 1.82) is 0 Å². The average molecular weight is 241 g/mol. The molecule has 0 saturated heterocycles. The molecule has 0 amide bonds. The summed E-state index contributed by atoms with van der Waals surface area (Å²) >= 11 is 0. The minimum Gasteiger partial charge on any atom is -0.284 e. The number of benzene rings is 1. The molecule has 1 heterocycles. The number of nitrogens with one attached hydrogen (secondary N) is 2. The summed E-state index contributed by atoms with van der Waals surface area (Å²) < 4.78 is 38.7. The van der Waals surface area contributed by atoms with Gasteiger partial charge in [0, 0.05) is 6.20 Å². The van der Waals surface area contributed by atoms with Gasteiger partial charge in [-0.3, -0.25) is 9.82 Å². The fraction of sp³-hybridized carbons (Fsp3) is 0. The fourth-order valence-electron chi connectivity index (χ4n) is 1.13. The van der Waals surface area contributed by atoms with Gasteiger partial charge >= 0.3 is 0 Å². The topological polar surface area (TPSA) is 74.8 Å². The van der Waals surface area contributed by atoms with E-state index >= 15 is 0 Å². The Kier molecular flexibility index (Phi) is 2.61. The third kappa shape index (κ3) is 2.03. The number of hydrogen-bond acceptors (Lipinski definition) is 3. The lowest BCUT2D eigenvalue weighted by Gasteiger charge is -2.06. The number of nitrogens with zero attached hydrogens (tertiary/aromatic N) is 1. The van der Waals surface area contributed by atoms with E-state index in [1.165, 1.54) is 30.5 Å². The van der Waals surface area contributed by atoms with Crippen LogP contribution < -0.4 is 4.72 Å². The van der Waals surface area contributed by atoms with Crippen LogP contribution in [-0.2, 0) is 10.0 Å². The molecule has 1 aromatic heterocycles. The van der Waals surface area contributed by atoms with E-state index in [4.69, 9.17) is 0 Å². The van der Waals surface area contributed by atoms with Gasteiger partial charge in [-0.1, -0.05) is 12.1 Å². The van der Waals surface area contributed by atoms with Gasteiger partial charge < -0.3 is 0 Å². The van der Waals surface area contributed by atoms with Crippen molar-refractivity contribution in [2.75, 3.05) is 4.72 Å². The number of sulfonamides is 1. The minimum atomic E-state index is -3.78. The van der Waals surface area contributed by atoms with Crippen molar-refractivity contribution in [3.8, 4) is 0 Å². The van der Waals surface area contributed by atoms with Crippen molar-refractivity contribution in [2.24, 2.45) is 0 Å². The Morgan fingerprint density at radius 1 is 1.31 bits per heavy atom. The Hall–Kier alpha value is -1.89. The van der Waals surface area contributed by atoms with E-state index < -0.39 is 15.8 Å². The second kappa shape index (κ2) is 3.93. The Morgan fingerprint density at radius 3 is 2.69 bits per heavy atom. The van der Waals surface area contributed by atoms with E-state index in [-0.39, 0.29) is 10.6 Å². The first kappa shape index (κ1) is 10.6. The predicted molar refractivity (Wildman–Crippen MR) is 55.8 cm³/mol. The number of H-pyrrole nitrogens is 1. The van der Waals surface area contributed by atoms with Gasteiger partial charge in [0.15, 0.2) is 0 Å². The highest BCUT2D eigenvalue weighted by molar-refractivity contribution is 7.92. The highest BCUT2D eigenvalue weighted by Gasteiger charge is 2.16. The molecule has 84 valence electrons. The molecular formula is C9H8FN3O2S. The van der Waals surface area contributed by atoms with Gasteiger partial charge in [-0.25, -0.2) is 12.8 Å². The maximum absolute atomic E-state index is 13.2. The lowest BCUT2D eigenvalue weighted by molar-refractivity contribution is 0.598. The quantitative estimate of drug-likeness (QED) is 0.851. The number of rotatable bonds is 3. The second-order valence-corrected chi connectivity index (χ2v) is 4.70. The van der Waals surface area contributed by atoms with Crippen LogP contribution in [0.15, 0.2) is 41.6 Å². The number of aromatic nitrogens is 2. The lowest BCUT2D eigenvalue weighted by atomic mass is 10.3. The van der Waals surface area contributed by atoms with Crippen LogP contribution in [0.1, 0.15) is 0 Å². The lowest BCUT2D eigenvalue weighted by Crippen LogP contribution is -2.13. The van der Waals surface area contributed by atoms with E-state index in [9.17, 15) is 12.8 Å².